The van der Waals surface area contributed by atoms with Gasteiger partial charge < -0.3 is 24.6 Å². The zero-order chi connectivity index (χ0) is 31.9. The number of rotatable bonds is 11. The Morgan fingerprint density at radius 3 is 2.57 bits per heavy atom. The van der Waals surface area contributed by atoms with Crippen molar-refractivity contribution in [1.82, 2.24) is 15.1 Å². The van der Waals surface area contributed by atoms with E-state index in [1.807, 2.05) is 20.8 Å². The summed E-state index contributed by atoms with van der Waals surface area (Å²) in [5, 5.41) is 8.91. The Bertz CT molecular complexity index is 1310. The van der Waals surface area contributed by atoms with Crippen LogP contribution < -0.4 is 10.6 Å². The fraction of sp³-hybridized carbons (Fsp3) is 0.633. The number of azide groups is 1. The van der Waals surface area contributed by atoms with Crippen LogP contribution in [0.25, 0.3) is 10.4 Å². The zero-order valence-corrected chi connectivity index (χ0v) is 25.5. The Hall–Kier alpha value is -4.16. The molecule has 14 heteroatoms. The Balaban J connectivity index is 1.23. The molecule has 0 radical (unpaired) electrons. The lowest BCUT2D eigenvalue weighted by atomic mass is 9.90. The van der Waals surface area contributed by atoms with Crippen molar-refractivity contribution in [3.63, 3.8) is 0 Å². The number of amides is 5. The molecular formula is C30H41N7O7. The number of benzene rings is 1. The van der Waals surface area contributed by atoms with Crippen molar-refractivity contribution in [3.8, 4) is 0 Å². The van der Waals surface area contributed by atoms with Crippen LogP contribution in [0.2, 0.25) is 0 Å². The van der Waals surface area contributed by atoms with Crippen LogP contribution in [0.4, 0.5) is 10.5 Å². The molecule has 1 aromatic rings. The lowest BCUT2D eigenvalue weighted by molar-refractivity contribution is -0.137. The second-order valence-electron chi connectivity index (χ2n) is 12.4. The molecule has 1 unspecified atom stereocenters. The number of hydrogen-bond acceptors (Lipinski definition) is 8. The zero-order valence-electron chi connectivity index (χ0n) is 25.5. The smallest absolute Gasteiger partial charge is 0.410 e. The number of ether oxygens (including phenoxy) is 2. The number of anilines is 1. The fourth-order valence-electron chi connectivity index (χ4n) is 5.84. The van der Waals surface area contributed by atoms with E-state index in [-0.39, 0.29) is 61.9 Å². The Morgan fingerprint density at radius 1 is 1.14 bits per heavy atom. The van der Waals surface area contributed by atoms with E-state index in [1.54, 1.807) is 23.1 Å². The van der Waals surface area contributed by atoms with Gasteiger partial charge in [0.15, 0.2) is 0 Å². The topological polar surface area (TPSA) is 183 Å². The van der Waals surface area contributed by atoms with Gasteiger partial charge in [0.1, 0.15) is 18.2 Å². The standard InChI is InChI=1S/C30H41N7O7/c1-30(2,3)44-29(42)36(20-11-9-19(10-12-20)34-35-31)15-4-5-16-43-18-26(39)32-23-8-6-7-21-22(23)17-37(28(21)41)24-13-14-25(38)33-27(24)40/h6-8,19-20,24H,4-5,9-18H2,1-3H3,(H,32,39)(H,33,38,40). The minimum Gasteiger partial charge on any atom is -0.444 e. The number of carbonyl (C=O) groups is 5. The first-order valence-electron chi connectivity index (χ1n) is 15.1. The first kappa shape index (κ1) is 32.7. The summed E-state index contributed by atoms with van der Waals surface area (Å²) in [6, 6.07) is 4.25. The van der Waals surface area contributed by atoms with E-state index in [0.717, 1.165) is 25.7 Å². The molecule has 2 aliphatic heterocycles. The highest BCUT2D eigenvalue weighted by Crippen LogP contribution is 2.32. The summed E-state index contributed by atoms with van der Waals surface area (Å²) >= 11 is 0. The van der Waals surface area contributed by atoms with Crippen molar-refractivity contribution in [1.29, 1.82) is 0 Å². The van der Waals surface area contributed by atoms with Gasteiger partial charge in [0.2, 0.25) is 17.7 Å². The summed E-state index contributed by atoms with van der Waals surface area (Å²) in [5.41, 5.74) is 9.60. The average Bonchev–Trinajstić information content (AvgIpc) is 3.29. The van der Waals surface area contributed by atoms with Gasteiger partial charge >= 0.3 is 6.09 Å². The molecule has 238 valence electrons. The number of nitrogens with one attached hydrogen (secondary N) is 2. The first-order chi connectivity index (χ1) is 21.0. The normalized spacial score (nSPS) is 21.7. The highest BCUT2D eigenvalue weighted by molar-refractivity contribution is 6.06. The molecule has 5 amide bonds. The Kier molecular flexibility index (Phi) is 10.8. The van der Waals surface area contributed by atoms with Crippen molar-refractivity contribution in [3.05, 3.63) is 39.8 Å². The fourth-order valence-corrected chi connectivity index (χ4v) is 5.84. The second-order valence-corrected chi connectivity index (χ2v) is 12.4. The number of piperidine rings is 1. The minimum atomic E-state index is -0.738. The molecule has 1 aromatic carbocycles. The van der Waals surface area contributed by atoms with E-state index >= 15 is 0 Å². The lowest BCUT2D eigenvalue weighted by Gasteiger charge is -2.37. The predicted octanol–water partition coefficient (Wildman–Crippen LogP) is 4.04. The average molecular weight is 612 g/mol. The third-order valence-corrected chi connectivity index (χ3v) is 7.98. The van der Waals surface area contributed by atoms with Gasteiger partial charge in [0, 0.05) is 59.9 Å². The number of carbonyl (C=O) groups excluding carboxylic acids is 5. The van der Waals surface area contributed by atoms with Gasteiger partial charge in [0.25, 0.3) is 5.91 Å². The van der Waals surface area contributed by atoms with Crippen molar-refractivity contribution in [2.24, 2.45) is 5.11 Å². The summed E-state index contributed by atoms with van der Waals surface area (Å²) in [6.45, 7) is 6.25. The molecular weight excluding hydrogens is 570 g/mol. The molecule has 3 aliphatic rings. The van der Waals surface area contributed by atoms with Crippen molar-refractivity contribution >= 4 is 35.4 Å². The van der Waals surface area contributed by atoms with Crippen LogP contribution in [0.1, 0.15) is 88.1 Å². The first-order valence-corrected chi connectivity index (χ1v) is 15.1. The van der Waals surface area contributed by atoms with E-state index in [4.69, 9.17) is 15.0 Å². The van der Waals surface area contributed by atoms with Crippen LogP contribution in [0, 0.1) is 0 Å². The maximum atomic E-state index is 13.0. The summed E-state index contributed by atoms with van der Waals surface area (Å²) in [5.74, 6) is -1.54. The van der Waals surface area contributed by atoms with Gasteiger partial charge in [-0.25, -0.2) is 4.79 Å². The molecule has 4 rings (SSSR count). The number of hydrogen-bond donors (Lipinski definition) is 2. The molecule has 1 atom stereocenters. The Morgan fingerprint density at radius 2 is 1.89 bits per heavy atom. The molecule has 2 N–H and O–H groups in total. The molecule has 2 heterocycles. The van der Waals surface area contributed by atoms with E-state index in [0.29, 0.717) is 42.8 Å². The van der Waals surface area contributed by atoms with Crippen LogP contribution >= 0.6 is 0 Å². The van der Waals surface area contributed by atoms with Gasteiger partial charge in [-0.1, -0.05) is 11.2 Å². The van der Waals surface area contributed by atoms with Gasteiger partial charge in [-0.05, 0) is 83.4 Å². The van der Waals surface area contributed by atoms with Gasteiger partial charge in [-0.2, -0.15) is 0 Å². The van der Waals surface area contributed by atoms with Crippen LogP contribution in [0.15, 0.2) is 23.3 Å². The second kappa shape index (κ2) is 14.5. The molecule has 1 saturated carbocycles. The molecule has 2 fully saturated rings. The van der Waals surface area contributed by atoms with Crippen LogP contribution in [-0.2, 0) is 30.4 Å². The van der Waals surface area contributed by atoms with Crippen LogP contribution in [0.5, 0.6) is 0 Å². The maximum Gasteiger partial charge on any atom is 0.410 e. The van der Waals surface area contributed by atoms with E-state index in [9.17, 15) is 24.0 Å². The summed E-state index contributed by atoms with van der Waals surface area (Å²) in [4.78, 5) is 68.6. The molecule has 0 aromatic heterocycles. The maximum absolute atomic E-state index is 13.0. The highest BCUT2D eigenvalue weighted by Gasteiger charge is 2.40. The molecule has 0 bridgehead atoms. The molecule has 1 saturated heterocycles. The number of fused-ring (bicyclic) bond motifs is 1. The molecule has 0 spiro atoms. The number of unbranched alkanes of at least 4 members (excludes halogenated alkanes) is 1. The van der Waals surface area contributed by atoms with Gasteiger partial charge in [-0.3, -0.25) is 24.5 Å². The van der Waals surface area contributed by atoms with Crippen molar-refractivity contribution in [2.75, 3.05) is 25.1 Å². The van der Waals surface area contributed by atoms with Crippen molar-refractivity contribution < 1.29 is 33.4 Å². The Labute approximate surface area is 256 Å². The molecule has 1 aliphatic carbocycles. The van der Waals surface area contributed by atoms with Gasteiger partial charge in [-0.15, -0.1) is 0 Å². The van der Waals surface area contributed by atoms with Gasteiger partial charge in [0.05, 0.1) is 0 Å². The van der Waals surface area contributed by atoms with Crippen molar-refractivity contribution in [2.45, 2.75) is 102 Å². The highest BCUT2D eigenvalue weighted by atomic mass is 16.6. The molecule has 44 heavy (non-hydrogen) atoms. The summed E-state index contributed by atoms with van der Waals surface area (Å²) in [6.07, 6.45) is 4.25. The minimum absolute atomic E-state index is 0.00656. The third kappa shape index (κ3) is 8.48. The lowest BCUT2D eigenvalue weighted by Crippen LogP contribution is -2.52. The largest absolute Gasteiger partial charge is 0.444 e. The quantitative estimate of drug-likeness (QED) is 0.124. The van der Waals surface area contributed by atoms with Crippen LogP contribution in [0.3, 0.4) is 0 Å². The molecule has 14 nitrogen and oxygen atoms in total. The van der Waals surface area contributed by atoms with E-state index < -0.39 is 17.6 Å². The number of nitrogens with zero attached hydrogens (tertiary/aromatic N) is 5. The predicted molar refractivity (Wildman–Crippen MR) is 159 cm³/mol. The van der Waals surface area contributed by atoms with Crippen LogP contribution in [-0.4, -0.2) is 83.0 Å². The SMILES string of the molecule is CC(C)(C)OC(=O)N(CCCCOCC(=O)Nc1cccc2c1CN(C1CCC(=O)NC1=O)C2=O)C1CCC(N=[N+]=[N-])CC1. The summed E-state index contributed by atoms with van der Waals surface area (Å²) < 4.78 is 11.2. The number of imide groups is 1. The van der Waals surface area contributed by atoms with E-state index in [2.05, 4.69) is 20.7 Å². The third-order valence-electron chi connectivity index (χ3n) is 7.98. The van der Waals surface area contributed by atoms with E-state index in [1.165, 1.54) is 4.90 Å². The summed E-state index contributed by atoms with van der Waals surface area (Å²) in [7, 11) is 0. The monoisotopic (exact) mass is 611 g/mol.